The van der Waals surface area contributed by atoms with E-state index in [0.29, 0.717) is 11.3 Å². The summed E-state index contributed by atoms with van der Waals surface area (Å²) in [6, 6.07) is 14.5. The van der Waals surface area contributed by atoms with Crippen LogP contribution in [0.15, 0.2) is 54.6 Å². The minimum absolute atomic E-state index is 0.0619. The van der Waals surface area contributed by atoms with Crippen LogP contribution in [0.2, 0.25) is 0 Å². The highest BCUT2D eigenvalue weighted by atomic mass is 35.5. The van der Waals surface area contributed by atoms with Crippen LogP contribution in [0, 0.1) is 0 Å². The number of hydrogen-bond donors (Lipinski definition) is 2. The van der Waals surface area contributed by atoms with Crippen molar-refractivity contribution in [1.29, 1.82) is 0 Å². The Labute approximate surface area is 161 Å². The smallest absolute Gasteiger partial charge is 0.408 e. The van der Waals surface area contributed by atoms with Crippen LogP contribution in [0.1, 0.15) is 17.2 Å². The van der Waals surface area contributed by atoms with Gasteiger partial charge in [-0.1, -0.05) is 42.5 Å². The van der Waals surface area contributed by atoms with Gasteiger partial charge in [-0.05, 0) is 23.3 Å². The monoisotopic (exact) mass is 390 g/mol. The Bertz CT molecular complexity index is 798. The standard InChI is InChI=1S/C19H19ClN2O5/c1-26-18(24)17(14-8-5-9-15(10-14)21-16(23)11-20)22-19(25)27-12-13-6-3-2-4-7-13/h2-10,17H,11-12H2,1H3,(H,21,23)(H,22,25)/t17-/m0/s1. The molecule has 2 rings (SSSR count). The predicted molar refractivity (Wildman–Crippen MR) is 100 cm³/mol. The van der Waals surface area contributed by atoms with Gasteiger partial charge in [0.05, 0.1) is 7.11 Å². The van der Waals surface area contributed by atoms with Gasteiger partial charge in [-0.25, -0.2) is 9.59 Å². The van der Waals surface area contributed by atoms with Gasteiger partial charge < -0.3 is 20.1 Å². The third-order valence-electron chi connectivity index (χ3n) is 3.54. The zero-order valence-corrected chi connectivity index (χ0v) is 15.4. The number of carbonyl (C=O) groups excluding carboxylic acids is 3. The highest BCUT2D eigenvalue weighted by Crippen LogP contribution is 2.19. The molecule has 0 saturated carbocycles. The van der Waals surface area contributed by atoms with E-state index in [1.807, 2.05) is 30.3 Å². The number of amides is 2. The third kappa shape index (κ3) is 6.31. The average molecular weight is 391 g/mol. The molecule has 2 amide bonds. The molecule has 8 heteroatoms. The van der Waals surface area contributed by atoms with E-state index in [1.54, 1.807) is 24.3 Å². The molecule has 0 aliphatic heterocycles. The van der Waals surface area contributed by atoms with Gasteiger partial charge >= 0.3 is 12.1 Å². The van der Waals surface area contributed by atoms with E-state index < -0.39 is 24.0 Å². The SMILES string of the molecule is COC(=O)[C@@H](NC(=O)OCc1ccccc1)c1cccc(NC(=O)CCl)c1. The molecule has 2 aromatic rings. The number of rotatable bonds is 7. The van der Waals surface area contributed by atoms with Gasteiger partial charge in [0.15, 0.2) is 6.04 Å². The molecule has 0 aliphatic rings. The molecule has 0 aliphatic carbocycles. The lowest BCUT2D eigenvalue weighted by atomic mass is 10.1. The molecule has 7 nitrogen and oxygen atoms in total. The number of methoxy groups -OCH3 is 1. The highest BCUT2D eigenvalue weighted by molar-refractivity contribution is 6.29. The van der Waals surface area contributed by atoms with Crippen LogP contribution in [0.25, 0.3) is 0 Å². The normalized spacial score (nSPS) is 11.2. The van der Waals surface area contributed by atoms with Gasteiger partial charge in [0.2, 0.25) is 5.91 Å². The molecule has 142 valence electrons. The lowest BCUT2D eigenvalue weighted by molar-refractivity contribution is -0.143. The van der Waals surface area contributed by atoms with Gasteiger partial charge in [-0.3, -0.25) is 4.79 Å². The van der Waals surface area contributed by atoms with Gasteiger partial charge in [0, 0.05) is 5.69 Å². The topological polar surface area (TPSA) is 93.7 Å². The van der Waals surface area contributed by atoms with E-state index in [9.17, 15) is 14.4 Å². The Balaban J connectivity index is 2.08. The van der Waals surface area contributed by atoms with E-state index in [-0.39, 0.29) is 12.5 Å². The number of anilines is 1. The van der Waals surface area contributed by atoms with E-state index in [1.165, 1.54) is 7.11 Å². The molecule has 0 spiro atoms. The fourth-order valence-corrected chi connectivity index (χ4v) is 2.34. The molecule has 1 atom stereocenters. The first-order valence-electron chi connectivity index (χ1n) is 8.04. The summed E-state index contributed by atoms with van der Waals surface area (Å²) in [6.07, 6.45) is -0.774. The number of carbonyl (C=O) groups is 3. The van der Waals surface area contributed by atoms with Gasteiger partial charge in [-0.15, -0.1) is 11.6 Å². The van der Waals surface area contributed by atoms with Crippen LogP contribution in [-0.2, 0) is 25.7 Å². The zero-order valence-electron chi connectivity index (χ0n) is 14.6. The second-order valence-electron chi connectivity index (χ2n) is 5.47. The first-order valence-corrected chi connectivity index (χ1v) is 8.57. The van der Waals surface area contributed by atoms with Gasteiger partial charge in [0.25, 0.3) is 0 Å². The van der Waals surface area contributed by atoms with E-state index in [2.05, 4.69) is 10.6 Å². The van der Waals surface area contributed by atoms with Crippen molar-refractivity contribution in [2.24, 2.45) is 0 Å². The number of ether oxygens (including phenoxy) is 2. The minimum Gasteiger partial charge on any atom is -0.467 e. The van der Waals surface area contributed by atoms with Crippen LogP contribution in [0.3, 0.4) is 0 Å². The largest absolute Gasteiger partial charge is 0.467 e. The maximum Gasteiger partial charge on any atom is 0.408 e. The molecule has 27 heavy (non-hydrogen) atoms. The average Bonchev–Trinajstić information content (AvgIpc) is 2.70. The summed E-state index contributed by atoms with van der Waals surface area (Å²) in [4.78, 5) is 35.6. The molecule has 0 aromatic heterocycles. The summed E-state index contributed by atoms with van der Waals surface area (Å²) in [6.45, 7) is 0.0619. The summed E-state index contributed by atoms with van der Waals surface area (Å²) in [5, 5.41) is 5.05. The number of esters is 1. The molecule has 2 N–H and O–H groups in total. The number of hydrogen-bond acceptors (Lipinski definition) is 5. The van der Waals surface area contributed by atoms with Crippen molar-refractivity contribution in [3.05, 3.63) is 65.7 Å². The van der Waals surface area contributed by atoms with Crippen molar-refractivity contribution < 1.29 is 23.9 Å². The molecule has 0 heterocycles. The Morgan fingerprint density at radius 1 is 1.07 bits per heavy atom. The second-order valence-corrected chi connectivity index (χ2v) is 5.74. The lowest BCUT2D eigenvalue weighted by Gasteiger charge is -2.17. The number of nitrogens with one attached hydrogen (secondary N) is 2. The summed E-state index contributed by atoms with van der Waals surface area (Å²) < 4.78 is 9.90. The van der Waals surface area contributed by atoms with Gasteiger partial charge in [0.1, 0.15) is 12.5 Å². The molecular weight excluding hydrogens is 372 g/mol. The van der Waals surface area contributed by atoms with E-state index >= 15 is 0 Å². The Morgan fingerprint density at radius 3 is 2.48 bits per heavy atom. The maximum atomic E-state index is 12.1. The number of alkyl halides is 1. The summed E-state index contributed by atoms with van der Waals surface area (Å²) >= 11 is 5.47. The van der Waals surface area contributed by atoms with Crippen molar-refractivity contribution in [1.82, 2.24) is 5.32 Å². The number of benzene rings is 2. The zero-order chi connectivity index (χ0) is 19.6. The van der Waals surface area contributed by atoms with E-state index in [4.69, 9.17) is 21.1 Å². The highest BCUT2D eigenvalue weighted by Gasteiger charge is 2.24. The summed E-state index contributed by atoms with van der Waals surface area (Å²) in [5.74, 6) is -1.26. The van der Waals surface area contributed by atoms with Crippen molar-refractivity contribution in [3.8, 4) is 0 Å². The lowest BCUT2D eigenvalue weighted by Crippen LogP contribution is -2.35. The summed E-state index contributed by atoms with van der Waals surface area (Å²) in [7, 11) is 1.21. The molecule has 0 fully saturated rings. The minimum atomic E-state index is -1.09. The van der Waals surface area contributed by atoms with Crippen LogP contribution >= 0.6 is 11.6 Å². The van der Waals surface area contributed by atoms with Crippen molar-refractivity contribution in [2.45, 2.75) is 12.6 Å². The first-order chi connectivity index (χ1) is 13.0. The van der Waals surface area contributed by atoms with Gasteiger partial charge in [-0.2, -0.15) is 0 Å². The number of alkyl carbamates (subject to hydrolysis) is 1. The summed E-state index contributed by atoms with van der Waals surface area (Å²) in [5.41, 5.74) is 1.67. The van der Waals surface area contributed by atoms with Crippen LogP contribution in [0.4, 0.5) is 10.5 Å². The molecule has 2 aromatic carbocycles. The van der Waals surface area contributed by atoms with Crippen LogP contribution in [-0.4, -0.2) is 31.0 Å². The van der Waals surface area contributed by atoms with Crippen LogP contribution < -0.4 is 10.6 Å². The maximum absolute atomic E-state index is 12.1. The fourth-order valence-electron chi connectivity index (χ4n) is 2.27. The molecular formula is C19H19ClN2O5. The first kappa shape index (κ1) is 20.3. The second kappa shape index (κ2) is 10.2. The van der Waals surface area contributed by atoms with Crippen molar-refractivity contribution >= 4 is 35.3 Å². The Hall–Kier alpha value is -3.06. The number of halogens is 1. The van der Waals surface area contributed by atoms with Crippen LogP contribution in [0.5, 0.6) is 0 Å². The molecule has 0 radical (unpaired) electrons. The van der Waals surface area contributed by atoms with E-state index in [0.717, 1.165) is 5.56 Å². The third-order valence-corrected chi connectivity index (χ3v) is 3.78. The Morgan fingerprint density at radius 2 is 1.81 bits per heavy atom. The van der Waals surface area contributed by atoms with Crippen molar-refractivity contribution in [3.63, 3.8) is 0 Å². The van der Waals surface area contributed by atoms with Crippen molar-refractivity contribution in [2.75, 3.05) is 18.3 Å². The predicted octanol–water partition coefficient (Wildman–Crippen LogP) is 3.00. The Kier molecular flexibility index (Phi) is 7.63. The molecule has 0 saturated heterocycles. The fraction of sp³-hybridized carbons (Fsp3) is 0.211. The molecule has 0 bridgehead atoms. The quantitative estimate of drug-likeness (QED) is 0.560. The molecule has 0 unspecified atom stereocenters.